The van der Waals surface area contributed by atoms with Gasteiger partial charge in [0.2, 0.25) is 0 Å². The summed E-state index contributed by atoms with van der Waals surface area (Å²) < 4.78 is 7.51. The van der Waals surface area contributed by atoms with Gasteiger partial charge in [-0.3, -0.25) is 9.36 Å². The highest BCUT2D eigenvalue weighted by atomic mass is 32.2. The monoisotopic (exact) mass is 563 g/mol. The van der Waals surface area contributed by atoms with Crippen LogP contribution in [-0.4, -0.2) is 39.7 Å². The van der Waals surface area contributed by atoms with Crippen molar-refractivity contribution in [3.8, 4) is 22.8 Å². The highest BCUT2D eigenvalue weighted by Gasteiger charge is 2.19. The Labute approximate surface area is 244 Å². The lowest BCUT2D eigenvalue weighted by molar-refractivity contribution is -0.118. The van der Waals surface area contributed by atoms with Crippen molar-refractivity contribution in [3.63, 3.8) is 0 Å². The predicted molar refractivity (Wildman–Crippen MR) is 167 cm³/mol. The van der Waals surface area contributed by atoms with Gasteiger partial charge in [0.25, 0.3) is 5.91 Å². The van der Waals surface area contributed by atoms with Crippen molar-refractivity contribution >= 4 is 34.7 Å². The molecule has 0 aliphatic rings. The molecule has 7 nitrogen and oxygen atoms in total. The molecular formula is C33H33N5O2S. The molecule has 0 spiro atoms. The first kappa shape index (κ1) is 28.1. The molecule has 4 aromatic carbocycles. The van der Waals surface area contributed by atoms with Gasteiger partial charge in [-0.05, 0) is 46.9 Å². The van der Waals surface area contributed by atoms with Crippen molar-refractivity contribution in [2.45, 2.75) is 38.3 Å². The van der Waals surface area contributed by atoms with Crippen molar-refractivity contribution in [2.75, 3.05) is 12.9 Å². The number of hydrazone groups is 1. The molecule has 0 saturated heterocycles. The smallest absolute Gasteiger partial charge is 0.250 e. The summed E-state index contributed by atoms with van der Waals surface area (Å²) in [6.07, 6.45) is 1.62. The fraction of sp³-hybridized carbons (Fsp3) is 0.212. The van der Waals surface area contributed by atoms with Crippen molar-refractivity contribution in [3.05, 3.63) is 102 Å². The Bertz CT molecular complexity index is 1700. The minimum Gasteiger partial charge on any atom is -0.496 e. The maximum atomic E-state index is 12.8. The zero-order chi connectivity index (χ0) is 29.0. The normalized spacial score (nSPS) is 11.7. The number of carbonyl (C=O) groups is 1. The van der Waals surface area contributed by atoms with Crippen LogP contribution in [0.1, 0.15) is 37.5 Å². The lowest BCUT2D eigenvalue weighted by atomic mass is 9.87. The summed E-state index contributed by atoms with van der Waals surface area (Å²) in [5.41, 5.74) is 7.79. The molecule has 0 aliphatic heterocycles. The van der Waals surface area contributed by atoms with Crippen molar-refractivity contribution in [2.24, 2.45) is 5.10 Å². The average molecular weight is 564 g/mol. The second-order valence-electron chi connectivity index (χ2n) is 10.8. The van der Waals surface area contributed by atoms with E-state index in [-0.39, 0.29) is 17.1 Å². The molecule has 1 heterocycles. The predicted octanol–water partition coefficient (Wildman–Crippen LogP) is 6.94. The Morgan fingerprint density at radius 1 is 0.976 bits per heavy atom. The van der Waals surface area contributed by atoms with E-state index in [1.165, 1.54) is 17.3 Å². The Morgan fingerprint density at radius 2 is 1.71 bits per heavy atom. The number of rotatable bonds is 8. The summed E-state index contributed by atoms with van der Waals surface area (Å²) in [4.78, 5) is 12.8. The highest BCUT2D eigenvalue weighted by Crippen LogP contribution is 2.30. The first-order valence-corrected chi connectivity index (χ1v) is 14.4. The zero-order valence-electron chi connectivity index (χ0n) is 23.9. The van der Waals surface area contributed by atoms with Gasteiger partial charge in [-0.1, -0.05) is 105 Å². The molecule has 0 aliphatic carbocycles. The van der Waals surface area contributed by atoms with E-state index >= 15 is 0 Å². The van der Waals surface area contributed by atoms with Crippen molar-refractivity contribution in [1.29, 1.82) is 0 Å². The number of nitrogens with zero attached hydrogens (tertiary/aromatic N) is 4. The number of aromatic nitrogens is 3. The van der Waals surface area contributed by atoms with Crippen LogP contribution in [0.15, 0.2) is 95.2 Å². The summed E-state index contributed by atoms with van der Waals surface area (Å²) in [5.74, 6) is 1.28. The minimum absolute atomic E-state index is 0.0543. The van der Waals surface area contributed by atoms with Gasteiger partial charge in [0, 0.05) is 16.8 Å². The van der Waals surface area contributed by atoms with Crippen LogP contribution >= 0.6 is 11.8 Å². The van der Waals surface area contributed by atoms with Gasteiger partial charge in [-0.2, -0.15) is 5.10 Å². The topological polar surface area (TPSA) is 81.4 Å². The zero-order valence-corrected chi connectivity index (χ0v) is 24.7. The first-order valence-electron chi connectivity index (χ1n) is 13.4. The number of carbonyl (C=O) groups excluding carboxylic acids is 1. The van der Waals surface area contributed by atoms with Crippen LogP contribution in [0.2, 0.25) is 0 Å². The average Bonchev–Trinajstić information content (AvgIpc) is 3.40. The van der Waals surface area contributed by atoms with Crippen LogP contribution in [0, 0.1) is 6.92 Å². The SMILES string of the molecule is COc1ccc2ccccc2c1/C=N/NC(=O)CSc1nnc(-c2ccc(C(C)(C)C)cc2)n1-c1ccc(C)cc1. The van der Waals surface area contributed by atoms with E-state index in [0.717, 1.165) is 39.0 Å². The maximum absolute atomic E-state index is 12.8. The maximum Gasteiger partial charge on any atom is 0.250 e. The third kappa shape index (κ3) is 6.33. The van der Waals surface area contributed by atoms with E-state index < -0.39 is 0 Å². The minimum atomic E-state index is -0.250. The van der Waals surface area contributed by atoms with Gasteiger partial charge in [0.1, 0.15) is 5.75 Å². The standard InChI is InChI=1S/C33H33N5O2S/c1-22-10-17-26(18-11-22)38-31(24-12-15-25(16-13-24)33(2,3)4)36-37-32(38)41-21-30(39)35-34-20-28-27-9-7-6-8-23(27)14-19-29(28)40-5/h6-20H,21H2,1-5H3,(H,35,39)/b34-20+. The van der Waals surface area contributed by atoms with E-state index in [2.05, 4.69) is 84.8 Å². The molecule has 0 atom stereocenters. The fourth-order valence-electron chi connectivity index (χ4n) is 4.51. The molecule has 5 rings (SSSR count). The van der Waals surface area contributed by atoms with Gasteiger partial charge < -0.3 is 4.74 Å². The second-order valence-corrected chi connectivity index (χ2v) is 11.7. The Kier molecular flexibility index (Phi) is 8.21. The van der Waals surface area contributed by atoms with Crippen LogP contribution in [0.3, 0.4) is 0 Å². The molecule has 1 N–H and O–H groups in total. The van der Waals surface area contributed by atoms with Crippen molar-refractivity contribution < 1.29 is 9.53 Å². The van der Waals surface area contributed by atoms with Gasteiger partial charge in [-0.25, -0.2) is 5.43 Å². The Hall–Kier alpha value is -4.43. The number of methoxy groups -OCH3 is 1. The molecule has 5 aromatic rings. The van der Waals surface area contributed by atoms with Gasteiger partial charge in [-0.15, -0.1) is 10.2 Å². The number of benzene rings is 4. The van der Waals surface area contributed by atoms with Gasteiger partial charge >= 0.3 is 0 Å². The molecule has 0 bridgehead atoms. The fourth-order valence-corrected chi connectivity index (χ4v) is 5.26. The van der Waals surface area contributed by atoms with E-state index in [1.807, 2.05) is 53.1 Å². The van der Waals surface area contributed by atoms with Gasteiger partial charge in [0.15, 0.2) is 11.0 Å². The number of aryl methyl sites for hydroxylation is 1. The third-order valence-electron chi connectivity index (χ3n) is 6.80. The summed E-state index contributed by atoms with van der Waals surface area (Å²) in [6, 6.07) is 28.5. The molecule has 1 amide bonds. The molecule has 0 unspecified atom stereocenters. The molecule has 0 radical (unpaired) electrons. The van der Waals surface area contributed by atoms with Gasteiger partial charge in [0.05, 0.1) is 19.1 Å². The Balaban J connectivity index is 1.35. The molecular weight excluding hydrogens is 530 g/mol. The van der Waals surface area contributed by atoms with Crippen LogP contribution in [0.4, 0.5) is 0 Å². The number of amides is 1. The molecule has 0 saturated carbocycles. The van der Waals surface area contributed by atoms with E-state index in [9.17, 15) is 4.79 Å². The summed E-state index contributed by atoms with van der Waals surface area (Å²) in [7, 11) is 1.62. The number of hydrogen-bond acceptors (Lipinski definition) is 6. The number of thioether (sulfide) groups is 1. The van der Waals surface area contributed by atoms with E-state index in [1.54, 1.807) is 13.3 Å². The molecule has 208 valence electrons. The lowest BCUT2D eigenvalue weighted by Crippen LogP contribution is -2.20. The number of fused-ring (bicyclic) bond motifs is 1. The van der Waals surface area contributed by atoms with Crippen LogP contribution in [0.5, 0.6) is 5.75 Å². The molecule has 8 heteroatoms. The van der Waals surface area contributed by atoms with E-state index in [4.69, 9.17) is 4.74 Å². The number of hydrogen-bond donors (Lipinski definition) is 1. The lowest BCUT2D eigenvalue weighted by Gasteiger charge is -2.19. The number of nitrogens with one attached hydrogen (secondary N) is 1. The molecule has 41 heavy (non-hydrogen) atoms. The van der Waals surface area contributed by atoms with Crippen LogP contribution in [-0.2, 0) is 10.2 Å². The third-order valence-corrected chi connectivity index (χ3v) is 7.73. The second kappa shape index (κ2) is 12.0. The summed E-state index contributed by atoms with van der Waals surface area (Å²) in [6.45, 7) is 8.63. The quantitative estimate of drug-likeness (QED) is 0.126. The largest absolute Gasteiger partial charge is 0.496 e. The summed E-state index contributed by atoms with van der Waals surface area (Å²) >= 11 is 1.31. The van der Waals surface area contributed by atoms with E-state index in [0.29, 0.717) is 10.9 Å². The highest BCUT2D eigenvalue weighted by molar-refractivity contribution is 7.99. The van der Waals surface area contributed by atoms with Crippen molar-refractivity contribution in [1.82, 2.24) is 20.2 Å². The molecule has 1 aromatic heterocycles. The van der Waals surface area contributed by atoms with Crippen LogP contribution < -0.4 is 10.2 Å². The first-order chi connectivity index (χ1) is 19.7. The molecule has 0 fully saturated rings. The Morgan fingerprint density at radius 3 is 2.41 bits per heavy atom. The number of ether oxygens (including phenoxy) is 1. The van der Waals surface area contributed by atoms with Crippen LogP contribution in [0.25, 0.3) is 27.8 Å². The summed E-state index contributed by atoms with van der Waals surface area (Å²) in [5, 5.41) is 15.9.